The molecule has 5 nitrogen and oxygen atoms in total. The summed E-state index contributed by atoms with van der Waals surface area (Å²) in [4.78, 5) is 4.75. The van der Waals surface area contributed by atoms with Crippen LogP contribution in [0.25, 0.3) is 21.8 Å². The van der Waals surface area contributed by atoms with Crippen LogP contribution in [-0.2, 0) is 6.54 Å². The van der Waals surface area contributed by atoms with Crippen molar-refractivity contribution in [1.29, 1.82) is 0 Å². The summed E-state index contributed by atoms with van der Waals surface area (Å²) in [6, 6.07) is 16.3. The third-order valence-corrected chi connectivity index (χ3v) is 5.58. The number of benzene rings is 3. The van der Waals surface area contributed by atoms with Crippen molar-refractivity contribution >= 4 is 39.1 Å². The predicted octanol–water partition coefficient (Wildman–Crippen LogP) is 5.79. The first-order chi connectivity index (χ1) is 15.6. The molecule has 4 aromatic rings. The van der Waals surface area contributed by atoms with E-state index in [2.05, 4.69) is 10.6 Å². The zero-order valence-corrected chi connectivity index (χ0v) is 18.8. The molecule has 1 heterocycles. The lowest BCUT2D eigenvalue weighted by Gasteiger charge is -2.14. The standard InChI is InChI=1S/C25H25ClFN3O2/c1-31-18-5-8-22(27)16(12-18)15-28-10-3-11-29-25-20-7-4-17(26)13-24(20)30-23-9-6-19(32-2)14-21(23)25/h4-9,12-14,28H,3,10-11,15H2,1-2H3,(H,29,30). The average molecular weight is 454 g/mol. The third-order valence-electron chi connectivity index (χ3n) is 5.34. The van der Waals surface area contributed by atoms with Crippen molar-refractivity contribution in [3.63, 3.8) is 0 Å². The topological polar surface area (TPSA) is 55.4 Å². The van der Waals surface area contributed by atoms with Crippen LogP contribution in [0.3, 0.4) is 0 Å². The number of nitrogens with one attached hydrogen (secondary N) is 2. The molecule has 166 valence electrons. The van der Waals surface area contributed by atoms with Crippen LogP contribution in [0, 0.1) is 5.82 Å². The van der Waals surface area contributed by atoms with Crippen molar-refractivity contribution in [2.75, 3.05) is 32.6 Å². The van der Waals surface area contributed by atoms with Gasteiger partial charge < -0.3 is 20.1 Å². The van der Waals surface area contributed by atoms with Gasteiger partial charge in [-0.1, -0.05) is 11.6 Å². The minimum absolute atomic E-state index is 0.237. The van der Waals surface area contributed by atoms with E-state index in [9.17, 15) is 4.39 Å². The molecule has 4 rings (SSSR count). The second kappa shape index (κ2) is 10.0. The summed E-state index contributed by atoms with van der Waals surface area (Å²) in [6.45, 7) is 1.92. The van der Waals surface area contributed by atoms with E-state index >= 15 is 0 Å². The predicted molar refractivity (Wildman–Crippen MR) is 129 cm³/mol. The van der Waals surface area contributed by atoms with E-state index < -0.39 is 0 Å². The molecule has 1 aromatic heterocycles. The monoisotopic (exact) mass is 453 g/mol. The summed E-state index contributed by atoms with van der Waals surface area (Å²) >= 11 is 6.19. The molecule has 0 saturated heterocycles. The first kappa shape index (κ1) is 22.1. The van der Waals surface area contributed by atoms with E-state index in [4.69, 9.17) is 26.1 Å². The summed E-state index contributed by atoms with van der Waals surface area (Å²) in [7, 11) is 3.23. The van der Waals surface area contributed by atoms with Crippen LogP contribution in [0.4, 0.5) is 10.1 Å². The van der Waals surface area contributed by atoms with Gasteiger partial charge in [-0.15, -0.1) is 0 Å². The number of pyridine rings is 1. The molecule has 0 aliphatic carbocycles. The molecule has 3 aromatic carbocycles. The molecular weight excluding hydrogens is 429 g/mol. The number of halogens is 2. The highest BCUT2D eigenvalue weighted by atomic mass is 35.5. The number of aromatic nitrogens is 1. The van der Waals surface area contributed by atoms with Gasteiger partial charge in [0.1, 0.15) is 17.3 Å². The number of hydrogen-bond acceptors (Lipinski definition) is 5. The van der Waals surface area contributed by atoms with Crippen LogP contribution in [0.5, 0.6) is 11.5 Å². The van der Waals surface area contributed by atoms with Gasteiger partial charge in [0.05, 0.1) is 30.9 Å². The maximum Gasteiger partial charge on any atom is 0.127 e. The number of hydrogen-bond donors (Lipinski definition) is 2. The highest BCUT2D eigenvalue weighted by Crippen LogP contribution is 2.34. The lowest BCUT2D eigenvalue weighted by Crippen LogP contribution is -2.18. The van der Waals surface area contributed by atoms with Gasteiger partial charge in [0.2, 0.25) is 0 Å². The number of nitrogens with zero attached hydrogens (tertiary/aromatic N) is 1. The number of ether oxygens (including phenoxy) is 2. The van der Waals surface area contributed by atoms with Gasteiger partial charge in [-0.05, 0) is 67.6 Å². The Morgan fingerprint density at radius 1 is 0.875 bits per heavy atom. The van der Waals surface area contributed by atoms with Gasteiger partial charge in [0.15, 0.2) is 0 Å². The van der Waals surface area contributed by atoms with Crippen molar-refractivity contribution in [3.8, 4) is 11.5 Å². The number of fused-ring (bicyclic) bond motifs is 2. The fraction of sp³-hybridized carbons (Fsp3) is 0.240. The fourth-order valence-corrected chi connectivity index (χ4v) is 3.84. The van der Waals surface area contributed by atoms with Crippen molar-refractivity contribution < 1.29 is 13.9 Å². The van der Waals surface area contributed by atoms with Gasteiger partial charge in [-0.25, -0.2) is 9.37 Å². The molecule has 0 radical (unpaired) electrons. The maximum atomic E-state index is 14.0. The summed E-state index contributed by atoms with van der Waals surface area (Å²) < 4.78 is 24.5. The molecule has 0 unspecified atom stereocenters. The molecule has 0 atom stereocenters. The molecule has 0 aliphatic rings. The van der Waals surface area contributed by atoms with Gasteiger partial charge in [0.25, 0.3) is 0 Å². The Bertz CT molecular complexity index is 1250. The Morgan fingerprint density at radius 2 is 1.66 bits per heavy atom. The second-order valence-corrected chi connectivity index (χ2v) is 7.88. The van der Waals surface area contributed by atoms with Gasteiger partial charge in [-0.3, -0.25) is 0 Å². The van der Waals surface area contributed by atoms with E-state index in [0.717, 1.165) is 52.8 Å². The summed E-state index contributed by atoms with van der Waals surface area (Å²) in [5, 5.41) is 9.50. The maximum absolute atomic E-state index is 14.0. The quantitative estimate of drug-likeness (QED) is 0.248. The third kappa shape index (κ3) is 4.87. The molecule has 0 fully saturated rings. The molecule has 7 heteroatoms. The van der Waals surface area contributed by atoms with Crippen LogP contribution >= 0.6 is 11.6 Å². The Morgan fingerprint density at radius 3 is 2.47 bits per heavy atom. The largest absolute Gasteiger partial charge is 0.497 e. The number of anilines is 1. The summed E-state index contributed by atoms with van der Waals surface area (Å²) in [5.41, 5.74) is 3.30. The Kier molecular flexibility index (Phi) is 6.93. The first-order valence-electron chi connectivity index (χ1n) is 10.4. The molecular formula is C25H25ClFN3O2. The van der Waals surface area contributed by atoms with Crippen LogP contribution in [-0.4, -0.2) is 32.3 Å². The normalized spacial score (nSPS) is 11.1. The SMILES string of the molecule is COc1ccc(F)c(CNCCCNc2c3ccc(Cl)cc3nc3ccc(OC)cc23)c1. The Balaban J connectivity index is 1.45. The van der Waals surface area contributed by atoms with E-state index in [-0.39, 0.29) is 5.82 Å². The zero-order valence-electron chi connectivity index (χ0n) is 18.0. The van der Waals surface area contributed by atoms with Crippen molar-refractivity contribution in [2.24, 2.45) is 0 Å². The summed E-state index contributed by atoms with van der Waals surface area (Å²) in [5.74, 6) is 1.19. The van der Waals surface area contributed by atoms with Gasteiger partial charge in [-0.2, -0.15) is 0 Å². The Labute approximate surface area is 191 Å². The molecule has 0 spiro atoms. The minimum atomic E-state index is -0.237. The Hall–Kier alpha value is -3.09. The molecule has 0 saturated carbocycles. The average Bonchev–Trinajstić information content (AvgIpc) is 2.81. The van der Waals surface area contributed by atoms with Crippen molar-refractivity contribution in [2.45, 2.75) is 13.0 Å². The second-order valence-electron chi connectivity index (χ2n) is 7.45. The van der Waals surface area contributed by atoms with Crippen molar-refractivity contribution in [3.05, 3.63) is 71.0 Å². The van der Waals surface area contributed by atoms with Crippen LogP contribution in [0.15, 0.2) is 54.6 Å². The van der Waals surface area contributed by atoms with E-state index in [1.54, 1.807) is 26.4 Å². The highest BCUT2D eigenvalue weighted by molar-refractivity contribution is 6.31. The zero-order chi connectivity index (χ0) is 22.5. The molecule has 2 N–H and O–H groups in total. The minimum Gasteiger partial charge on any atom is -0.497 e. The van der Waals surface area contributed by atoms with E-state index in [1.165, 1.54) is 6.07 Å². The van der Waals surface area contributed by atoms with Crippen molar-refractivity contribution in [1.82, 2.24) is 10.3 Å². The summed E-state index contributed by atoms with van der Waals surface area (Å²) in [6.07, 6.45) is 0.856. The van der Waals surface area contributed by atoms with Crippen LogP contribution in [0.2, 0.25) is 5.02 Å². The smallest absolute Gasteiger partial charge is 0.127 e. The van der Waals surface area contributed by atoms with Crippen LogP contribution in [0.1, 0.15) is 12.0 Å². The van der Waals surface area contributed by atoms with Gasteiger partial charge >= 0.3 is 0 Å². The lowest BCUT2D eigenvalue weighted by molar-refractivity contribution is 0.412. The number of methoxy groups -OCH3 is 2. The fourth-order valence-electron chi connectivity index (χ4n) is 3.68. The van der Waals surface area contributed by atoms with Gasteiger partial charge in [0, 0.05) is 34.4 Å². The van der Waals surface area contributed by atoms with E-state index in [0.29, 0.717) is 22.9 Å². The lowest BCUT2D eigenvalue weighted by atomic mass is 10.1. The number of rotatable bonds is 9. The molecule has 32 heavy (non-hydrogen) atoms. The van der Waals surface area contributed by atoms with Crippen LogP contribution < -0.4 is 20.1 Å². The molecule has 0 amide bonds. The van der Waals surface area contributed by atoms with E-state index in [1.807, 2.05) is 36.4 Å². The molecule has 0 aliphatic heterocycles. The highest BCUT2D eigenvalue weighted by Gasteiger charge is 2.11. The molecule has 0 bridgehead atoms. The first-order valence-corrected chi connectivity index (χ1v) is 10.8.